The van der Waals surface area contributed by atoms with Gasteiger partial charge in [0.05, 0.1) is 25.7 Å². The molecule has 1 saturated heterocycles. The second-order valence-corrected chi connectivity index (χ2v) is 12.6. The second-order valence-electron chi connectivity index (χ2n) is 12.6. The summed E-state index contributed by atoms with van der Waals surface area (Å²) in [7, 11) is 7.41. The first-order chi connectivity index (χ1) is 24.0. The molecule has 1 aliphatic carbocycles. The fraction of sp³-hybridized carbons (Fsp3) is 0.444. The minimum absolute atomic E-state index is 0.00361. The van der Waals surface area contributed by atoms with Crippen molar-refractivity contribution in [3.8, 4) is 45.6 Å². The van der Waals surface area contributed by atoms with Gasteiger partial charge in [0, 0.05) is 61.6 Å². The molecule has 0 spiro atoms. The summed E-state index contributed by atoms with van der Waals surface area (Å²) in [5.74, 6) is -1.48. The van der Waals surface area contributed by atoms with Crippen molar-refractivity contribution in [2.24, 2.45) is 0 Å². The van der Waals surface area contributed by atoms with Crippen molar-refractivity contribution in [1.82, 2.24) is 0 Å². The van der Waals surface area contributed by atoms with E-state index in [1.807, 2.05) is 6.92 Å². The van der Waals surface area contributed by atoms with Crippen molar-refractivity contribution >= 4 is 27.9 Å². The van der Waals surface area contributed by atoms with Crippen molar-refractivity contribution in [3.63, 3.8) is 0 Å². The highest BCUT2D eigenvalue weighted by Gasteiger charge is 2.48. The van der Waals surface area contributed by atoms with Gasteiger partial charge in [-0.1, -0.05) is 0 Å². The molecule has 14 heteroatoms. The lowest BCUT2D eigenvalue weighted by molar-refractivity contribution is -0.283. The summed E-state index contributed by atoms with van der Waals surface area (Å²) in [6.45, 7) is 3.54. The molecule has 50 heavy (non-hydrogen) atoms. The van der Waals surface area contributed by atoms with E-state index in [0.29, 0.717) is 16.9 Å². The van der Waals surface area contributed by atoms with Gasteiger partial charge in [-0.2, -0.15) is 0 Å². The Morgan fingerprint density at radius 3 is 2.04 bits per heavy atom. The van der Waals surface area contributed by atoms with Gasteiger partial charge >= 0.3 is 5.97 Å². The molecule has 1 aromatic heterocycles. The lowest BCUT2D eigenvalue weighted by Gasteiger charge is -2.44. The average Bonchev–Trinajstić information content (AvgIpc) is 3.10. The Labute approximate surface area is 285 Å². The largest absolute Gasteiger partial charge is 0.506 e. The van der Waals surface area contributed by atoms with E-state index in [0.717, 1.165) is 0 Å². The molecule has 0 radical (unpaired) electrons. The second kappa shape index (κ2) is 12.5. The molecule has 6 atom stereocenters. The minimum Gasteiger partial charge on any atom is -0.506 e. The van der Waals surface area contributed by atoms with Crippen LogP contribution in [0, 0.1) is 0 Å². The van der Waals surface area contributed by atoms with Crippen LogP contribution in [0.3, 0.4) is 0 Å². The van der Waals surface area contributed by atoms with Gasteiger partial charge in [-0.15, -0.1) is 0 Å². The molecule has 266 valence electrons. The van der Waals surface area contributed by atoms with Gasteiger partial charge in [0.1, 0.15) is 58.2 Å². The predicted octanol–water partition coefficient (Wildman–Crippen LogP) is 4.12. The average molecular weight is 695 g/mol. The van der Waals surface area contributed by atoms with Crippen LogP contribution in [0.15, 0.2) is 21.3 Å². The van der Waals surface area contributed by atoms with Gasteiger partial charge in [0.15, 0.2) is 22.8 Å². The number of phenolic OH excluding ortho intramolecular Hbond substituents is 3. The highest BCUT2D eigenvalue weighted by atomic mass is 16.7. The number of methoxy groups -OCH3 is 5. The third-order valence-corrected chi connectivity index (χ3v) is 9.95. The number of phenols is 3. The van der Waals surface area contributed by atoms with Gasteiger partial charge in [0.2, 0.25) is 11.7 Å². The van der Waals surface area contributed by atoms with Crippen LogP contribution in [0.25, 0.3) is 33.1 Å². The fourth-order valence-electron chi connectivity index (χ4n) is 7.67. The van der Waals surface area contributed by atoms with Gasteiger partial charge in [-0.25, -0.2) is 4.79 Å². The zero-order chi connectivity index (χ0) is 35.8. The van der Waals surface area contributed by atoms with Crippen LogP contribution in [0.4, 0.5) is 0 Å². The molecule has 4 aromatic rings. The molecule has 1 fully saturated rings. The molecule has 0 amide bonds. The number of benzene rings is 3. The summed E-state index contributed by atoms with van der Waals surface area (Å²) in [5.41, 5.74) is -0.0194. The smallest absolute Gasteiger partial charge is 0.342 e. The molecule has 0 saturated carbocycles. The van der Waals surface area contributed by atoms with Gasteiger partial charge in [-0.3, -0.25) is 4.79 Å². The van der Waals surface area contributed by atoms with Crippen molar-refractivity contribution in [3.05, 3.63) is 44.6 Å². The van der Waals surface area contributed by atoms with E-state index in [1.54, 1.807) is 14.0 Å². The van der Waals surface area contributed by atoms with Crippen molar-refractivity contribution < 1.29 is 62.4 Å². The third-order valence-electron chi connectivity index (χ3n) is 9.95. The van der Waals surface area contributed by atoms with E-state index in [2.05, 4.69) is 0 Å². The van der Waals surface area contributed by atoms with Crippen LogP contribution in [-0.4, -0.2) is 93.6 Å². The van der Waals surface area contributed by atoms with Crippen molar-refractivity contribution in [2.75, 3.05) is 35.5 Å². The summed E-state index contributed by atoms with van der Waals surface area (Å²) in [5, 5.41) is 35.2. The van der Waals surface area contributed by atoms with E-state index in [4.69, 9.17) is 42.3 Å². The molecule has 1 unspecified atom stereocenters. The number of rotatable bonds is 7. The first-order valence-electron chi connectivity index (χ1n) is 16.1. The lowest BCUT2D eigenvalue weighted by Crippen LogP contribution is -2.60. The van der Waals surface area contributed by atoms with Crippen LogP contribution >= 0.6 is 0 Å². The number of hydrogen-bond acceptors (Lipinski definition) is 14. The number of esters is 1. The monoisotopic (exact) mass is 694 g/mol. The zero-order valence-electron chi connectivity index (χ0n) is 28.6. The zero-order valence-corrected chi connectivity index (χ0v) is 28.6. The molecule has 2 aliphatic heterocycles. The first kappa shape index (κ1) is 33.7. The third kappa shape index (κ3) is 4.84. The number of carbonyl (C=O) groups is 1. The molecule has 3 N–H and O–H groups in total. The summed E-state index contributed by atoms with van der Waals surface area (Å²) in [6.07, 6.45) is -3.40. The van der Waals surface area contributed by atoms with Gasteiger partial charge < -0.3 is 57.6 Å². The first-order valence-corrected chi connectivity index (χ1v) is 16.1. The quantitative estimate of drug-likeness (QED) is 0.143. The minimum atomic E-state index is -1.05. The van der Waals surface area contributed by atoms with Crippen LogP contribution < -0.4 is 19.6 Å². The Kier molecular flexibility index (Phi) is 8.45. The molecular formula is C36H38O14. The standard InChI is InChI=1S/C36H38O14/c1-13-10-18-24(35(41)47-13)28(39)23-16(31(18)50-36-34(46-7)33(45-6)30(44-5)14(2)48-36)9-8-15-22(23)29(40)25-26(37)17-11-20(42-3)21(43-4)12-19(17)49-32(25)27(15)38/h11-14,30,33-34,36,38-40H,8-10H2,1-7H3/t13?,14-,30-,33+,34-,36+/m1/s1. The summed E-state index contributed by atoms with van der Waals surface area (Å²) < 4.78 is 52.4. The Bertz CT molecular complexity index is 2100. The van der Waals surface area contributed by atoms with E-state index in [1.165, 1.54) is 40.6 Å². The molecule has 0 bridgehead atoms. The molecule has 3 heterocycles. The Balaban J connectivity index is 1.50. The van der Waals surface area contributed by atoms with Crippen molar-refractivity contribution in [2.45, 2.75) is 69.9 Å². The topological polar surface area (TPSA) is 182 Å². The summed E-state index contributed by atoms with van der Waals surface area (Å²) >= 11 is 0. The van der Waals surface area contributed by atoms with Crippen LogP contribution in [0.2, 0.25) is 0 Å². The van der Waals surface area contributed by atoms with Crippen LogP contribution in [0.5, 0.6) is 34.5 Å². The molecule has 3 aromatic carbocycles. The lowest BCUT2D eigenvalue weighted by atomic mass is 9.79. The molecular weight excluding hydrogens is 656 g/mol. The predicted molar refractivity (Wildman–Crippen MR) is 177 cm³/mol. The molecule has 14 nitrogen and oxygen atoms in total. The van der Waals surface area contributed by atoms with Crippen LogP contribution in [-0.2, 0) is 42.9 Å². The van der Waals surface area contributed by atoms with E-state index in [-0.39, 0.29) is 75.0 Å². The number of carbonyl (C=O) groups excluding carboxylic acids is 1. The van der Waals surface area contributed by atoms with Gasteiger partial charge in [-0.05, 0) is 32.8 Å². The number of fused-ring (bicyclic) bond motifs is 6. The Hall–Kier alpha value is -4.76. The highest BCUT2D eigenvalue weighted by Crippen LogP contribution is 2.56. The highest BCUT2D eigenvalue weighted by molar-refractivity contribution is 6.07. The maximum absolute atomic E-state index is 14.0. The Morgan fingerprint density at radius 2 is 1.38 bits per heavy atom. The fourth-order valence-corrected chi connectivity index (χ4v) is 7.67. The summed E-state index contributed by atoms with van der Waals surface area (Å²) in [6, 6.07) is 2.87. The van der Waals surface area contributed by atoms with E-state index in [9.17, 15) is 24.9 Å². The maximum Gasteiger partial charge on any atom is 0.342 e. The number of hydrogen-bond donors (Lipinski definition) is 3. The number of aromatic hydroxyl groups is 3. The van der Waals surface area contributed by atoms with Crippen molar-refractivity contribution in [1.29, 1.82) is 0 Å². The molecule has 7 rings (SSSR count). The Morgan fingerprint density at radius 1 is 0.740 bits per heavy atom. The maximum atomic E-state index is 14.0. The normalized spacial score (nSPS) is 24.3. The van der Waals surface area contributed by atoms with Crippen LogP contribution in [0.1, 0.15) is 40.9 Å². The van der Waals surface area contributed by atoms with Gasteiger partial charge in [0.25, 0.3) is 0 Å². The van der Waals surface area contributed by atoms with E-state index >= 15 is 0 Å². The van der Waals surface area contributed by atoms with E-state index < -0.39 is 65.5 Å². The number of ether oxygens (including phenoxy) is 8. The SMILES string of the molecule is COc1cc2oc3c(O)c4c(c(O)c3c(=O)c2cc1OC)-c1c(O)c2c(c(O[C@@H]3O[C@H](C)[C@@H](OC)[C@H](OC)[C@H]3OC)c1CC4)CC(C)OC2=O. The molecule has 3 aliphatic rings. The summed E-state index contributed by atoms with van der Waals surface area (Å²) in [4.78, 5) is 27.5. The number of cyclic esters (lactones) is 1.